The Morgan fingerprint density at radius 3 is 2.50 bits per heavy atom. The summed E-state index contributed by atoms with van der Waals surface area (Å²) in [4.78, 5) is 11.6. The number of aromatic nitrogens is 1. The number of oxazole rings is 1. The smallest absolute Gasteiger partial charge is 0.408 e. The fourth-order valence-electron chi connectivity index (χ4n) is 2.40. The van der Waals surface area contributed by atoms with E-state index in [0.29, 0.717) is 5.52 Å². The standard InChI is InChI=1S/C16H15BrN2O4S/c1-10(11-3-5-12(17)6-4-11)18-24(21,22)13-7-8-14-15(9-13)23-16(20)19(14)2/h3-10,18H,1-2H3/t10-/m0/s1. The average molecular weight is 411 g/mol. The summed E-state index contributed by atoms with van der Waals surface area (Å²) in [6.07, 6.45) is 0. The Hall–Kier alpha value is -1.90. The highest BCUT2D eigenvalue weighted by Crippen LogP contribution is 2.21. The summed E-state index contributed by atoms with van der Waals surface area (Å²) in [5, 5.41) is 0. The van der Waals surface area contributed by atoms with Crippen molar-refractivity contribution in [3.05, 3.63) is 63.1 Å². The van der Waals surface area contributed by atoms with Crippen molar-refractivity contribution in [2.24, 2.45) is 7.05 Å². The zero-order valence-corrected chi connectivity index (χ0v) is 15.4. The topological polar surface area (TPSA) is 81.3 Å². The molecular weight excluding hydrogens is 396 g/mol. The van der Waals surface area contributed by atoms with Gasteiger partial charge in [0.25, 0.3) is 0 Å². The lowest BCUT2D eigenvalue weighted by molar-refractivity contribution is 0.527. The molecule has 0 amide bonds. The van der Waals surface area contributed by atoms with Crippen LogP contribution in [0.25, 0.3) is 11.1 Å². The Labute approximate surface area is 147 Å². The van der Waals surface area contributed by atoms with Crippen molar-refractivity contribution in [2.75, 3.05) is 0 Å². The van der Waals surface area contributed by atoms with E-state index < -0.39 is 21.8 Å². The zero-order valence-electron chi connectivity index (χ0n) is 13.0. The van der Waals surface area contributed by atoms with E-state index in [1.807, 2.05) is 24.3 Å². The van der Waals surface area contributed by atoms with E-state index in [2.05, 4.69) is 20.7 Å². The highest BCUT2D eigenvalue weighted by Gasteiger charge is 2.20. The van der Waals surface area contributed by atoms with Crippen LogP contribution in [-0.4, -0.2) is 13.0 Å². The second kappa shape index (κ2) is 6.19. The molecule has 2 aromatic carbocycles. The number of fused-ring (bicyclic) bond motifs is 1. The van der Waals surface area contributed by atoms with Crippen molar-refractivity contribution in [3.8, 4) is 0 Å². The molecule has 0 aliphatic heterocycles. The number of rotatable bonds is 4. The van der Waals surface area contributed by atoms with Crippen LogP contribution in [0.2, 0.25) is 0 Å². The molecule has 1 aromatic heterocycles. The van der Waals surface area contributed by atoms with Gasteiger partial charge in [-0.05, 0) is 36.8 Å². The molecule has 24 heavy (non-hydrogen) atoms. The van der Waals surface area contributed by atoms with Crippen LogP contribution in [0.1, 0.15) is 18.5 Å². The van der Waals surface area contributed by atoms with Gasteiger partial charge in [-0.1, -0.05) is 28.1 Å². The second-order valence-electron chi connectivity index (χ2n) is 5.45. The van der Waals surface area contributed by atoms with Crippen LogP contribution >= 0.6 is 15.9 Å². The quantitative estimate of drug-likeness (QED) is 0.716. The molecule has 0 saturated carbocycles. The Morgan fingerprint density at radius 1 is 1.17 bits per heavy atom. The summed E-state index contributed by atoms with van der Waals surface area (Å²) in [5.74, 6) is -0.532. The van der Waals surface area contributed by atoms with Crippen molar-refractivity contribution in [1.29, 1.82) is 0 Å². The van der Waals surface area contributed by atoms with E-state index in [9.17, 15) is 13.2 Å². The predicted molar refractivity (Wildman–Crippen MR) is 94.3 cm³/mol. The monoisotopic (exact) mass is 410 g/mol. The average Bonchev–Trinajstić information content (AvgIpc) is 2.82. The molecule has 0 saturated heterocycles. The Bertz CT molecular complexity index is 1050. The molecule has 0 bridgehead atoms. The minimum atomic E-state index is -3.75. The van der Waals surface area contributed by atoms with Gasteiger partial charge in [-0.3, -0.25) is 4.57 Å². The van der Waals surface area contributed by atoms with Crippen molar-refractivity contribution >= 4 is 37.1 Å². The highest BCUT2D eigenvalue weighted by atomic mass is 79.9. The summed E-state index contributed by atoms with van der Waals surface area (Å²) in [6.45, 7) is 1.77. The third-order valence-corrected chi connectivity index (χ3v) is 5.84. The first-order valence-electron chi connectivity index (χ1n) is 7.15. The molecule has 0 spiro atoms. The molecule has 0 aliphatic rings. The molecule has 3 rings (SSSR count). The van der Waals surface area contributed by atoms with Crippen LogP contribution in [0.4, 0.5) is 0 Å². The fourth-order valence-corrected chi connectivity index (χ4v) is 3.91. The maximum atomic E-state index is 12.6. The van der Waals surface area contributed by atoms with Gasteiger partial charge in [-0.25, -0.2) is 17.9 Å². The zero-order chi connectivity index (χ0) is 17.5. The van der Waals surface area contributed by atoms with Gasteiger partial charge in [-0.15, -0.1) is 0 Å². The van der Waals surface area contributed by atoms with E-state index in [1.54, 1.807) is 20.0 Å². The summed E-state index contributed by atoms with van der Waals surface area (Å²) in [6, 6.07) is 11.4. The van der Waals surface area contributed by atoms with Gasteiger partial charge in [0.1, 0.15) is 0 Å². The molecule has 0 unspecified atom stereocenters. The number of benzene rings is 2. The molecule has 1 heterocycles. The summed E-state index contributed by atoms with van der Waals surface area (Å²) >= 11 is 3.35. The lowest BCUT2D eigenvalue weighted by Gasteiger charge is -2.14. The Balaban J connectivity index is 1.92. The molecule has 3 aromatic rings. The lowest BCUT2D eigenvalue weighted by atomic mass is 10.1. The van der Waals surface area contributed by atoms with E-state index in [1.165, 1.54) is 16.7 Å². The van der Waals surface area contributed by atoms with Gasteiger partial charge in [-0.2, -0.15) is 0 Å². The molecule has 126 valence electrons. The van der Waals surface area contributed by atoms with Crippen molar-refractivity contribution < 1.29 is 12.8 Å². The highest BCUT2D eigenvalue weighted by molar-refractivity contribution is 9.10. The SMILES string of the molecule is C[C@H](NS(=O)(=O)c1ccc2c(c1)oc(=O)n2C)c1ccc(Br)cc1. The second-order valence-corrected chi connectivity index (χ2v) is 8.08. The molecule has 0 aliphatic carbocycles. The number of halogens is 1. The third kappa shape index (κ3) is 3.17. The molecule has 1 atom stereocenters. The molecule has 1 N–H and O–H groups in total. The minimum absolute atomic E-state index is 0.0494. The normalized spacial score (nSPS) is 13.3. The van der Waals surface area contributed by atoms with Gasteiger partial charge in [0.2, 0.25) is 10.0 Å². The molecule has 6 nitrogen and oxygen atoms in total. The number of hydrogen-bond donors (Lipinski definition) is 1. The van der Waals surface area contributed by atoms with Gasteiger partial charge in [0.05, 0.1) is 10.4 Å². The van der Waals surface area contributed by atoms with Gasteiger partial charge >= 0.3 is 5.76 Å². The summed E-state index contributed by atoms with van der Waals surface area (Å²) in [5.41, 5.74) is 1.62. The van der Waals surface area contributed by atoms with Gasteiger partial charge in [0.15, 0.2) is 5.58 Å². The van der Waals surface area contributed by atoms with E-state index in [0.717, 1.165) is 10.0 Å². The number of nitrogens with one attached hydrogen (secondary N) is 1. The summed E-state index contributed by atoms with van der Waals surface area (Å²) in [7, 11) is -2.18. The number of sulfonamides is 1. The van der Waals surface area contributed by atoms with Crippen molar-refractivity contribution in [1.82, 2.24) is 9.29 Å². The van der Waals surface area contributed by atoms with Crippen LogP contribution < -0.4 is 10.5 Å². The molecular formula is C16H15BrN2O4S. The Kier molecular flexibility index (Phi) is 4.37. The fraction of sp³-hybridized carbons (Fsp3) is 0.188. The third-order valence-electron chi connectivity index (χ3n) is 3.78. The largest absolute Gasteiger partial charge is 0.419 e. The number of hydrogen-bond acceptors (Lipinski definition) is 4. The van der Waals surface area contributed by atoms with Gasteiger partial charge < -0.3 is 4.42 Å². The van der Waals surface area contributed by atoms with Crippen molar-refractivity contribution in [3.63, 3.8) is 0 Å². The molecule has 0 radical (unpaired) electrons. The first kappa shape index (κ1) is 16.9. The molecule has 8 heteroatoms. The molecule has 0 fully saturated rings. The van der Waals surface area contributed by atoms with Crippen molar-refractivity contribution in [2.45, 2.75) is 17.9 Å². The van der Waals surface area contributed by atoms with Crippen LogP contribution in [0.3, 0.4) is 0 Å². The number of nitrogens with zero attached hydrogens (tertiary/aromatic N) is 1. The first-order chi connectivity index (χ1) is 11.3. The predicted octanol–water partition coefficient (Wildman–Crippen LogP) is 2.93. The van der Waals surface area contributed by atoms with Crippen LogP contribution in [0.15, 0.2) is 61.0 Å². The van der Waals surface area contributed by atoms with Crippen LogP contribution in [0, 0.1) is 0 Å². The maximum absolute atomic E-state index is 12.6. The summed E-state index contributed by atoms with van der Waals surface area (Å²) < 4.78 is 35.1. The van der Waals surface area contributed by atoms with Crippen LogP contribution in [0.5, 0.6) is 0 Å². The van der Waals surface area contributed by atoms with E-state index >= 15 is 0 Å². The lowest BCUT2D eigenvalue weighted by Crippen LogP contribution is -2.26. The van der Waals surface area contributed by atoms with Crippen LogP contribution in [-0.2, 0) is 17.1 Å². The van der Waals surface area contributed by atoms with E-state index in [4.69, 9.17) is 4.42 Å². The van der Waals surface area contributed by atoms with E-state index in [-0.39, 0.29) is 10.5 Å². The minimum Gasteiger partial charge on any atom is -0.408 e. The first-order valence-corrected chi connectivity index (χ1v) is 9.43. The Morgan fingerprint density at radius 2 is 1.83 bits per heavy atom. The van der Waals surface area contributed by atoms with Gasteiger partial charge in [0, 0.05) is 23.6 Å². The number of aryl methyl sites for hydroxylation is 1. The maximum Gasteiger partial charge on any atom is 0.419 e.